The van der Waals surface area contributed by atoms with Crippen LogP contribution in [0.3, 0.4) is 0 Å². The van der Waals surface area contributed by atoms with Crippen molar-refractivity contribution >= 4 is 22.5 Å². The molecule has 1 aliphatic rings. The Morgan fingerprint density at radius 1 is 1.43 bits per heavy atom. The summed E-state index contributed by atoms with van der Waals surface area (Å²) in [5.74, 6) is 1.25. The summed E-state index contributed by atoms with van der Waals surface area (Å²) in [6.45, 7) is 7.23. The number of alkyl halides is 1. The Morgan fingerprint density at radius 2 is 2.10 bits per heavy atom. The lowest BCUT2D eigenvalue weighted by molar-refractivity contribution is 0.474. The van der Waals surface area contributed by atoms with Crippen molar-refractivity contribution in [3.8, 4) is 0 Å². The lowest BCUT2D eigenvalue weighted by atomic mass is 10.1. The number of benzene rings is 1. The molecule has 0 radical (unpaired) electrons. The van der Waals surface area contributed by atoms with Crippen molar-refractivity contribution in [1.29, 1.82) is 0 Å². The van der Waals surface area contributed by atoms with Crippen LogP contribution in [-0.4, -0.2) is 9.55 Å². The Labute approximate surface area is 130 Å². The molecule has 21 heavy (non-hydrogen) atoms. The molecular weight excluding hydrogens is 284 g/mol. The van der Waals surface area contributed by atoms with Crippen molar-refractivity contribution in [3.05, 3.63) is 40.4 Å². The molecule has 1 fully saturated rings. The van der Waals surface area contributed by atoms with E-state index < -0.39 is 0 Å². The summed E-state index contributed by atoms with van der Waals surface area (Å²) in [4.78, 5) is 17.5. The number of para-hydroxylation sites is 1. The van der Waals surface area contributed by atoms with Crippen LogP contribution in [0.4, 0.5) is 0 Å². The quantitative estimate of drug-likeness (QED) is 0.796. The van der Waals surface area contributed by atoms with Gasteiger partial charge in [-0.3, -0.25) is 9.36 Å². The van der Waals surface area contributed by atoms with E-state index in [1.54, 1.807) is 0 Å². The maximum Gasteiger partial charge on any atom is 0.261 e. The van der Waals surface area contributed by atoms with E-state index in [1.807, 2.05) is 35.8 Å². The summed E-state index contributed by atoms with van der Waals surface area (Å²) in [5.41, 5.74) is 1.11. The van der Waals surface area contributed by atoms with Gasteiger partial charge in [-0.2, -0.15) is 0 Å². The van der Waals surface area contributed by atoms with E-state index in [0.29, 0.717) is 22.5 Å². The predicted octanol–water partition coefficient (Wildman–Crippen LogP) is 4.13. The number of hydrogen-bond acceptors (Lipinski definition) is 2. The van der Waals surface area contributed by atoms with Crippen molar-refractivity contribution in [2.75, 3.05) is 0 Å². The van der Waals surface area contributed by atoms with Gasteiger partial charge in [-0.25, -0.2) is 4.98 Å². The number of hydrogen-bond donors (Lipinski definition) is 0. The smallest absolute Gasteiger partial charge is 0.261 e. The highest BCUT2D eigenvalue weighted by atomic mass is 35.5. The first kappa shape index (κ1) is 14.6. The molecule has 2 aromatic rings. The van der Waals surface area contributed by atoms with Gasteiger partial charge in [-0.15, -0.1) is 11.6 Å². The first-order valence-electron chi connectivity index (χ1n) is 7.57. The lowest BCUT2D eigenvalue weighted by Crippen LogP contribution is -2.27. The van der Waals surface area contributed by atoms with Gasteiger partial charge in [0.15, 0.2) is 0 Å². The summed E-state index contributed by atoms with van der Waals surface area (Å²) in [7, 11) is 0. The molecule has 2 atom stereocenters. The van der Waals surface area contributed by atoms with Crippen LogP contribution in [-0.2, 0) is 6.54 Å². The molecule has 1 heterocycles. The summed E-state index contributed by atoms with van der Waals surface area (Å²) >= 11 is 6.42. The van der Waals surface area contributed by atoms with Crippen LogP contribution in [0.15, 0.2) is 29.1 Å². The normalized spacial score (nSPS) is 21.4. The molecule has 3 rings (SSSR count). The number of nitrogens with zero attached hydrogens (tertiary/aromatic N) is 2. The molecule has 2 unspecified atom stereocenters. The van der Waals surface area contributed by atoms with Gasteiger partial charge < -0.3 is 0 Å². The van der Waals surface area contributed by atoms with Gasteiger partial charge in [0.2, 0.25) is 0 Å². The van der Waals surface area contributed by atoms with Gasteiger partial charge in [0, 0.05) is 6.54 Å². The summed E-state index contributed by atoms with van der Waals surface area (Å²) < 4.78 is 1.81. The third-order valence-corrected chi connectivity index (χ3v) is 5.15. The zero-order valence-electron chi connectivity index (χ0n) is 12.8. The lowest BCUT2D eigenvalue weighted by Gasteiger charge is -2.17. The summed E-state index contributed by atoms with van der Waals surface area (Å²) in [6.07, 6.45) is 1.92. The van der Waals surface area contributed by atoms with E-state index >= 15 is 0 Å². The Kier molecular flexibility index (Phi) is 3.56. The second-order valence-electron chi connectivity index (χ2n) is 6.67. The van der Waals surface area contributed by atoms with Crippen molar-refractivity contribution in [2.45, 2.75) is 45.5 Å². The summed E-state index contributed by atoms with van der Waals surface area (Å²) in [5, 5.41) is 0.462. The Balaban J connectivity index is 2.14. The van der Waals surface area contributed by atoms with Crippen LogP contribution in [0.2, 0.25) is 0 Å². The molecule has 1 aromatic carbocycles. The number of halogens is 1. The molecule has 0 N–H and O–H groups in total. The van der Waals surface area contributed by atoms with Crippen LogP contribution in [0.1, 0.15) is 44.8 Å². The van der Waals surface area contributed by atoms with E-state index in [4.69, 9.17) is 11.6 Å². The highest BCUT2D eigenvalue weighted by Gasteiger charge is 2.46. The van der Waals surface area contributed by atoms with Crippen LogP contribution in [0.25, 0.3) is 10.9 Å². The standard InChI is InChI=1S/C17H21ClN2O/c1-4-13(18)15-19-14-8-6-5-7-12(14)16(21)20(15)10-11-9-17(11,2)3/h5-8,11,13H,4,9-10H2,1-3H3. The van der Waals surface area contributed by atoms with Crippen molar-refractivity contribution in [2.24, 2.45) is 11.3 Å². The fourth-order valence-corrected chi connectivity index (χ4v) is 3.06. The molecule has 0 spiro atoms. The van der Waals surface area contributed by atoms with Crippen LogP contribution >= 0.6 is 11.6 Å². The van der Waals surface area contributed by atoms with Crippen molar-refractivity contribution < 1.29 is 0 Å². The van der Waals surface area contributed by atoms with Gasteiger partial charge in [0.1, 0.15) is 5.82 Å². The number of aromatic nitrogens is 2. The molecule has 4 heteroatoms. The number of fused-ring (bicyclic) bond motifs is 1. The first-order chi connectivity index (χ1) is 9.94. The van der Waals surface area contributed by atoms with Gasteiger partial charge in [0.25, 0.3) is 5.56 Å². The molecule has 1 aromatic heterocycles. The van der Waals surface area contributed by atoms with E-state index in [-0.39, 0.29) is 10.9 Å². The second-order valence-corrected chi connectivity index (χ2v) is 7.20. The zero-order valence-corrected chi connectivity index (χ0v) is 13.5. The zero-order chi connectivity index (χ0) is 15.2. The Bertz CT molecular complexity index is 735. The monoisotopic (exact) mass is 304 g/mol. The first-order valence-corrected chi connectivity index (χ1v) is 8.01. The second kappa shape index (κ2) is 5.13. The van der Waals surface area contributed by atoms with Crippen LogP contribution in [0.5, 0.6) is 0 Å². The SMILES string of the molecule is CCC(Cl)c1nc2ccccc2c(=O)n1CC1CC1(C)C. The highest BCUT2D eigenvalue weighted by Crippen LogP contribution is 2.52. The minimum atomic E-state index is -0.218. The minimum Gasteiger partial charge on any atom is -0.295 e. The van der Waals surface area contributed by atoms with Gasteiger partial charge in [-0.1, -0.05) is 32.9 Å². The summed E-state index contributed by atoms with van der Waals surface area (Å²) in [6, 6.07) is 7.51. The Hall–Kier alpha value is -1.35. The van der Waals surface area contributed by atoms with E-state index in [9.17, 15) is 4.79 Å². The van der Waals surface area contributed by atoms with Crippen molar-refractivity contribution in [1.82, 2.24) is 9.55 Å². The molecular formula is C17H21ClN2O. The predicted molar refractivity (Wildman–Crippen MR) is 86.8 cm³/mol. The van der Waals surface area contributed by atoms with E-state index in [0.717, 1.165) is 24.9 Å². The molecule has 1 aliphatic carbocycles. The third-order valence-electron chi connectivity index (χ3n) is 4.65. The largest absolute Gasteiger partial charge is 0.295 e. The molecule has 0 bridgehead atoms. The third kappa shape index (κ3) is 2.59. The van der Waals surface area contributed by atoms with Gasteiger partial charge >= 0.3 is 0 Å². The van der Waals surface area contributed by atoms with Crippen LogP contribution in [0, 0.1) is 11.3 Å². The average Bonchev–Trinajstić information content (AvgIpc) is 3.08. The minimum absolute atomic E-state index is 0.0393. The Morgan fingerprint density at radius 3 is 2.71 bits per heavy atom. The maximum atomic E-state index is 12.8. The molecule has 0 amide bonds. The van der Waals surface area contributed by atoms with E-state index in [2.05, 4.69) is 18.8 Å². The molecule has 0 aliphatic heterocycles. The molecule has 3 nitrogen and oxygen atoms in total. The van der Waals surface area contributed by atoms with E-state index in [1.165, 1.54) is 0 Å². The highest BCUT2D eigenvalue weighted by molar-refractivity contribution is 6.20. The van der Waals surface area contributed by atoms with Crippen LogP contribution < -0.4 is 5.56 Å². The molecule has 1 saturated carbocycles. The maximum absolute atomic E-state index is 12.8. The van der Waals surface area contributed by atoms with Gasteiger partial charge in [-0.05, 0) is 36.3 Å². The molecule has 0 saturated heterocycles. The van der Waals surface area contributed by atoms with Gasteiger partial charge in [0.05, 0.1) is 16.3 Å². The number of rotatable bonds is 4. The average molecular weight is 305 g/mol. The fraction of sp³-hybridized carbons (Fsp3) is 0.529. The fourth-order valence-electron chi connectivity index (χ4n) is 2.89. The topological polar surface area (TPSA) is 34.9 Å². The van der Waals surface area contributed by atoms with Crippen molar-refractivity contribution in [3.63, 3.8) is 0 Å². The molecule has 112 valence electrons.